The largest absolute Gasteiger partial charge is 0.384 e. The van der Waals surface area contributed by atoms with Gasteiger partial charge in [-0.15, -0.1) is 0 Å². The van der Waals surface area contributed by atoms with Crippen LogP contribution in [0, 0.1) is 6.92 Å². The third-order valence-electron chi connectivity index (χ3n) is 2.05. The van der Waals surface area contributed by atoms with Gasteiger partial charge < -0.3 is 11.1 Å². The molecule has 0 radical (unpaired) electrons. The number of aryl methyl sites for hydroxylation is 1. The molecule has 0 aliphatic rings. The van der Waals surface area contributed by atoms with E-state index < -0.39 is 0 Å². The summed E-state index contributed by atoms with van der Waals surface area (Å²) in [4.78, 5) is 8.23. The zero-order valence-corrected chi connectivity index (χ0v) is 11.4. The standard InChI is InChI=1S/C11H10BrClN4/c1-6-15-10(14)5-11(16-6)17-7-2-3-9(13)8(12)4-7/h2-5H,1H3,(H3,14,15,16,17). The van der Waals surface area contributed by atoms with Crippen molar-refractivity contribution < 1.29 is 0 Å². The number of nitrogens with zero attached hydrogens (tertiary/aromatic N) is 2. The van der Waals surface area contributed by atoms with Gasteiger partial charge in [0.25, 0.3) is 0 Å². The van der Waals surface area contributed by atoms with E-state index in [0.717, 1.165) is 10.2 Å². The van der Waals surface area contributed by atoms with Crippen molar-refractivity contribution in [1.82, 2.24) is 9.97 Å². The summed E-state index contributed by atoms with van der Waals surface area (Å²) in [5.74, 6) is 1.72. The zero-order valence-electron chi connectivity index (χ0n) is 9.04. The van der Waals surface area contributed by atoms with Crippen molar-refractivity contribution in [2.75, 3.05) is 11.1 Å². The molecule has 2 aromatic rings. The fourth-order valence-electron chi connectivity index (χ4n) is 1.38. The molecule has 0 aliphatic heterocycles. The molecule has 0 saturated heterocycles. The van der Waals surface area contributed by atoms with E-state index in [0.29, 0.717) is 22.5 Å². The Labute approximate surface area is 112 Å². The minimum Gasteiger partial charge on any atom is -0.384 e. The maximum absolute atomic E-state index is 5.91. The van der Waals surface area contributed by atoms with Crippen LogP contribution in [0.1, 0.15) is 5.82 Å². The molecule has 0 unspecified atom stereocenters. The molecule has 88 valence electrons. The van der Waals surface area contributed by atoms with Gasteiger partial charge in [-0.1, -0.05) is 11.6 Å². The van der Waals surface area contributed by atoms with Crippen LogP contribution in [-0.2, 0) is 0 Å². The molecule has 17 heavy (non-hydrogen) atoms. The predicted octanol–water partition coefficient (Wildman–Crippen LogP) is 3.53. The fourth-order valence-corrected chi connectivity index (χ4v) is 1.87. The first-order chi connectivity index (χ1) is 8.04. The van der Waals surface area contributed by atoms with E-state index in [2.05, 4.69) is 31.2 Å². The summed E-state index contributed by atoms with van der Waals surface area (Å²) in [6.45, 7) is 1.79. The lowest BCUT2D eigenvalue weighted by molar-refractivity contribution is 1.06. The molecule has 4 nitrogen and oxygen atoms in total. The second-order valence-corrected chi connectivity index (χ2v) is 4.74. The molecule has 0 saturated carbocycles. The van der Waals surface area contributed by atoms with Crippen LogP contribution in [0.25, 0.3) is 0 Å². The number of hydrogen-bond donors (Lipinski definition) is 2. The van der Waals surface area contributed by atoms with Gasteiger partial charge in [0.2, 0.25) is 0 Å². The summed E-state index contributed by atoms with van der Waals surface area (Å²) in [6.07, 6.45) is 0. The number of benzene rings is 1. The first-order valence-electron chi connectivity index (χ1n) is 4.88. The van der Waals surface area contributed by atoms with E-state index >= 15 is 0 Å². The van der Waals surface area contributed by atoms with Crippen LogP contribution in [0.4, 0.5) is 17.3 Å². The lowest BCUT2D eigenvalue weighted by Gasteiger charge is -2.07. The van der Waals surface area contributed by atoms with E-state index in [1.807, 2.05) is 12.1 Å². The van der Waals surface area contributed by atoms with E-state index in [1.165, 1.54) is 0 Å². The van der Waals surface area contributed by atoms with Crippen LogP contribution in [0.2, 0.25) is 5.02 Å². The van der Waals surface area contributed by atoms with Gasteiger partial charge in [-0.25, -0.2) is 9.97 Å². The Balaban J connectivity index is 2.28. The van der Waals surface area contributed by atoms with Crippen molar-refractivity contribution in [3.8, 4) is 0 Å². The first-order valence-corrected chi connectivity index (χ1v) is 6.05. The van der Waals surface area contributed by atoms with Gasteiger partial charge in [0.05, 0.1) is 5.02 Å². The molecule has 0 spiro atoms. The van der Waals surface area contributed by atoms with Crippen molar-refractivity contribution in [3.05, 3.63) is 39.6 Å². The van der Waals surface area contributed by atoms with Gasteiger partial charge in [0.15, 0.2) is 0 Å². The minimum absolute atomic E-state index is 0.438. The van der Waals surface area contributed by atoms with Gasteiger partial charge in [0, 0.05) is 16.2 Å². The topological polar surface area (TPSA) is 63.8 Å². The van der Waals surface area contributed by atoms with Gasteiger partial charge in [-0.05, 0) is 41.1 Å². The van der Waals surface area contributed by atoms with Gasteiger partial charge in [-0.2, -0.15) is 0 Å². The Bertz CT molecular complexity index is 539. The van der Waals surface area contributed by atoms with Gasteiger partial charge >= 0.3 is 0 Å². The maximum atomic E-state index is 5.91. The summed E-state index contributed by atoms with van der Waals surface area (Å²) in [6, 6.07) is 7.21. The summed E-state index contributed by atoms with van der Waals surface area (Å²) >= 11 is 9.27. The summed E-state index contributed by atoms with van der Waals surface area (Å²) in [5.41, 5.74) is 6.52. The Hall–Kier alpha value is -1.33. The summed E-state index contributed by atoms with van der Waals surface area (Å²) < 4.78 is 0.822. The highest BCUT2D eigenvalue weighted by atomic mass is 79.9. The Morgan fingerprint density at radius 2 is 2.06 bits per heavy atom. The Morgan fingerprint density at radius 3 is 2.71 bits per heavy atom. The highest BCUT2D eigenvalue weighted by molar-refractivity contribution is 9.10. The maximum Gasteiger partial charge on any atom is 0.136 e. The van der Waals surface area contributed by atoms with Crippen LogP contribution < -0.4 is 11.1 Å². The van der Waals surface area contributed by atoms with Crippen LogP contribution in [0.15, 0.2) is 28.7 Å². The highest BCUT2D eigenvalue weighted by Crippen LogP contribution is 2.27. The molecule has 2 rings (SSSR count). The number of nitrogens with two attached hydrogens (primary N) is 1. The second-order valence-electron chi connectivity index (χ2n) is 3.48. The number of nitrogens with one attached hydrogen (secondary N) is 1. The third kappa shape index (κ3) is 3.08. The van der Waals surface area contributed by atoms with Crippen molar-refractivity contribution in [3.63, 3.8) is 0 Å². The molecule has 1 aromatic heterocycles. The summed E-state index contributed by atoms with van der Waals surface area (Å²) in [5, 5.41) is 3.79. The summed E-state index contributed by atoms with van der Waals surface area (Å²) in [7, 11) is 0. The van der Waals surface area contributed by atoms with Crippen molar-refractivity contribution >= 4 is 44.9 Å². The van der Waals surface area contributed by atoms with Gasteiger partial charge in [-0.3, -0.25) is 0 Å². The molecular weight excluding hydrogens is 304 g/mol. The molecule has 1 aromatic carbocycles. The molecule has 6 heteroatoms. The number of hydrogen-bond acceptors (Lipinski definition) is 4. The smallest absolute Gasteiger partial charge is 0.136 e. The molecule has 1 heterocycles. The number of rotatable bonds is 2. The quantitative estimate of drug-likeness (QED) is 0.890. The monoisotopic (exact) mass is 312 g/mol. The molecule has 0 bridgehead atoms. The van der Waals surface area contributed by atoms with Gasteiger partial charge in [0.1, 0.15) is 17.5 Å². The number of anilines is 3. The number of nitrogen functional groups attached to an aromatic ring is 1. The normalized spacial score (nSPS) is 10.3. The molecular formula is C11H10BrClN4. The molecule has 0 atom stereocenters. The van der Waals surface area contributed by atoms with Crippen LogP contribution in [0.3, 0.4) is 0 Å². The molecule has 0 aliphatic carbocycles. The van der Waals surface area contributed by atoms with Crippen molar-refractivity contribution in [1.29, 1.82) is 0 Å². The number of halogens is 2. The van der Waals surface area contributed by atoms with E-state index in [9.17, 15) is 0 Å². The lowest BCUT2D eigenvalue weighted by atomic mass is 10.3. The van der Waals surface area contributed by atoms with E-state index in [1.54, 1.807) is 19.1 Å². The van der Waals surface area contributed by atoms with Crippen LogP contribution in [0.5, 0.6) is 0 Å². The lowest BCUT2D eigenvalue weighted by Crippen LogP contribution is -2.00. The van der Waals surface area contributed by atoms with Crippen molar-refractivity contribution in [2.45, 2.75) is 6.92 Å². The number of aromatic nitrogens is 2. The Morgan fingerprint density at radius 1 is 1.29 bits per heavy atom. The highest BCUT2D eigenvalue weighted by Gasteiger charge is 2.02. The Kier molecular flexibility index (Phi) is 3.49. The average Bonchev–Trinajstić information content (AvgIpc) is 2.22. The van der Waals surface area contributed by atoms with Crippen LogP contribution >= 0.6 is 27.5 Å². The molecule has 0 amide bonds. The minimum atomic E-state index is 0.438. The van der Waals surface area contributed by atoms with E-state index in [4.69, 9.17) is 17.3 Å². The van der Waals surface area contributed by atoms with E-state index in [-0.39, 0.29) is 0 Å². The molecule has 0 fully saturated rings. The third-order valence-corrected chi connectivity index (χ3v) is 3.26. The SMILES string of the molecule is Cc1nc(N)cc(Nc2ccc(Cl)c(Br)c2)n1. The molecule has 3 N–H and O–H groups in total. The van der Waals surface area contributed by atoms with Crippen LogP contribution in [-0.4, -0.2) is 9.97 Å². The predicted molar refractivity (Wildman–Crippen MR) is 73.6 cm³/mol. The second kappa shape index (κ2) is 4.89. The zero-order chi connectivity index (χ0) is 12.4. The fraction of sp³-hybridized carbons (Fsp3) is 0.0909. The average molecular weight is 314 g/mol. The first kappa shape index (κ1) is 12.1. The van der Waals surface area contributed by atoms with Crippen molar-refractivity contribution in [2.24, 2.45) is 0 Å².